The summed E-state index contributed by atoms with van der Waals surface area (Å²) in [5.41, 5.74) is 0.0861. The van der Waals surface area contributed by atoms with E-state index in [-0.39, 0.29) is 11.5 Å². The second-order valence-electron chi connectivity index (χ2n) is 4.13. The Morgan fingerprint density at radius 2 is 2.35 bits per heavy atom. The lowest BCUT2D eigenvalue weighted by Crippen LogP contribution is -2.33. The highest BCUT2D eigenvalue weighted by Crippen LogP contribution is 2.24. The van der Waals surface area contributed by atoms with Gasteiger partial charge in [-0.2, -0.15) is 11.8 Å². The van der Waals surface area contributed by atoms with E-state index in [1.54, 1.807) is 12.1 Å². The molecule has 1 aromatic heterocycles. The number of nitrogens with one attached hydrogen (secondary N) is 2. The summed E-state index contributed by atoms with van der Waals surface area (Å²) in [4.78, 5) is 25.3. The molecule has 1 aliphatic heterocycles. The Morgan fingerprint density at radius 1 is 1.47 bits per heavy atom. The van der Waals surface area contributed by atoms with Gasteiger partial charge in [-0.3, -0.25) is 9.59 Å². The monoisotopic (exact) mass is 252 g/mol. The van der Waals surface area contributed by atoms with Gasteiger partial charge < -0.3 is 10.3 Å². The van der Waals surface area contributed by atoms with Crippen molar-refractivity contribution in [2.75, 3.05) is 12.3 Å². The molecular weight excluding hydrogens is 236 g/mol. The summed E-state index contributed by atoms with van der Waals surface area (Å²) in [5.74, 6) is 0.983. The molecular formula is C12H16N2O2S. The Morgan fingerprint density at radius 3 is 3.06 bits per heavy atom. The number of aromatic amines is 1. The smallest absolute Gasteiger partial charge is 0.267 e. The van der Waals surface area contributed by atoms with Crippen molar-refractivity contribution >= 4 is 17.7 Å². The van der Waals surface area contributed by atoms with E-state index in [0.717, 1.165) is 6.42 Å². The molecule has 0 radical (unpaired) electrons. The first-order chi connectivity index (χ1) is 8.25. The molecule has 0 bridgehead atoms. The molecule has 1 fully saturated rings. The van der Waals surface area contributed by atoms with Crippen molar-refractivity contribution in [2.24, 2.45) is 0 Å². The molecule has 1 aliphatic rings. The molecule has 17 heavy (non-hydrogen) atoms. The second-order valence-corrected chi connectivity index (χ2v) is 5.54. The third-order valence-electron chi connectivity index (χ3n) is 2.78. The Kier molecular flexibility index (Phi) is 4.25. The number of aromatic nitrogens is 1. The first-order valence-electron chi connectivity index (χ1n) is 5.85. The molecule has 0 spiro atoms. The molecule has 92 valence electrons. The molecule has 2 rings (SSSR count). The third-order valence-corrected chi connectivity index (χ3v) is 4.18. The Bertz CT molecular complexity index is 438. The van der Waals surface area contributed by atoms with E-state index in [1.807, 2.05) is 11.8 Å². The molecule has 0 aliphatic carbocycles. The van der Waals surface area contributed by atoms with Gasteiger partial charge in [0.2, 0.25) is 5.56 Å². The van der Waals surface area contributed by atoms with E-state index >= 15 is 0 Å². The number of hydrogen-bond donors (Lipinski definition) is 2. The van der Waals surface area contributed by atoms with Crippen LogP contribution in [0.4, 0.5) is 0 Å². The van der Waals surface area contributed by atoms with Gasteiger partial charge >= 0.3 is 0 Å². The van der Waals surface area contributed by atoms with Gasteiger partial charge in [0, 0.05) is 17.9 Å². The number of hydrogen-bond acceptors (Lipinski definition) is 3. The van der Waals surface area contributed by atoms with Crippen molar-refractivity contribution in [3.05, 3.63) is 34.2 Å². The molecule has 4 nitrogen and oxygen atoms in total. The fourth-order valence-corrected chi connectivity index (χ4v) is 3.09. The van der Waals surface area contributed by atoms with E-state index in [9.17, 15) is 9.59 Å². The van der Waals surface area contributed by atoms with Crippen molar-refractivity contribution in [1.82, 2.24) is 10.3 Å². The van der Waals surface area contributed by atoms with Crippen LogP contribution in [0.3, 0.4) is 0 Å². The summed E-state index contributed by atoms with van der Waals surface area (Å²) < 4.78 is 0. The highest BCUT2D eigenvalue weighted by Gasteiger charge is 2.15. The summed E-state index contributed by atoms with van der Waals surface area (Å²) in [6, 6.07) is 4.60. The molecule has 1 saturated heterocycles. The average Bonchev–Trinajstić information content (AvgIpc) is 2.37. The first-order valence-corrected chi connectivity index (χ1v) is 6.90. The summed E-state index contributed by atoms with van der Waals surface area (Å²) in [7, 11) is 0. The average molecular weight is 252 g/mol. The van der Waals surface area contributed by atoms with Gasteiger partial charge in [-0.15, -0.1) is 0 Å². The lowest BCUT2D eigenvalue weighted by Gasteiger charge is -2.21. The van der Waals surface area contributed by atoms with Gasteiger partial charge in [-0.05, 0) is 24.7 Å². The zero-order chi connectivity index (χ0) is 12.1. The van der Waals surface area contributed by atoms with E-state index in [1.165, 1.54) is 24.7 Å². The van der Waals surface area contributed by atoms with Crippen LogP contribution < -0.4 is 10.9 Å². The van der Waals surface area contributed by atoms with Crippen LogP contribution in [0, 0.1) is 0 Å². The number of carbonyl (C=O) groups excluding carboxylic acids is 1. The highest BCUT2D eigenvalue weighted by molar-refractivity contribution is 7.99. The fraction of sp³-hybridized carbons (Fsp3) is 0.500. The standard InChI is InChI=1S/C12H16N2O2S/c15-11-6-3-5-10(14-11)12(16)13-8-9-4-1-2-7-17-9/h3,5-6,9H,1-2,4,7-8H2,(H,13,16)(H,14,15). The van der Waals surface area contributed by atoms with Gasteiger partial charge in [-0.1, -0.05) is 12.5 Å². The summed E-state index contributed by atoms with van der Waals surface area (Å²) in [5, 5.41) is 3.38. The number of amides is 1. The normalized spacial score (nSPS) is 19.9. The van der Waals surface area contributed by atoms with Gasteiger partial charge in [0.1, 0.15) is 5.69 Å². The zero-order valence-corrected chi connectivity index (χ0v) is 10.4. The molecule has 1 unspecified atom stereocenters. The summed E-state index contributed by atoms with van der Waals surface area (Å²) in [6.07, 6.45) is 3.69. The van der Waals surface area contributed by atoms with E-state index < -0.39 is 0 Å². The van der Waals surface area contributed by atoms with Crippen LogP contribution >= 0.6 is 11.8 Å². The first kappa shape index (κ1) is 12.2. The highest BCUT2D eigenvalue weighted by atomic mass is 32.2. The minimum Gasteiger partial charge on any atom is -0.350 e. The maximum Gasteiger partial charge on any atom is 0.267 e. The second kappa shape index (κ2) is 5.91. The van der Waals surface area contributed by atoms with Crippen LogP contribution in [0.2, 0.25) is 0 Å². The Hall–Kier alpha value is -1.23. The molecule has 1 atom stereocenters. The predicted octanol–water partition coefficient (Wildman–Crippen LogP) is 1.39. The molecule has 2 N–H and O–H groups in total. The number of pyridine rings is 1. The molecule has 1 aromatic rings. The molecule has 2 heterocycles. The van der Waals surface area contributed by atoms with E-state index in [2.05, 4.69) is 10.3 Å². The maximum atomic E-state index is 11.7. The van der Waals surface area contributed by atoms with Gasteiger partial charge in [0.15, 0.2) is 0 Å². The van der Waals surface area contributed by atoms with Crippen LogP contribution in [-0.2, 0) is 0 Å². The van der Waals surface area contributed by atoms with Gasteiger partial charge in [-0.25, -0.2) is 0 Å². The van der Waals surface area contributed by atoms with Crippen LogP contribution in [0.15, 0.2) is 23.0 Å². The van der Waals surface area contributed by atoms with Crippen molar-refractivity contribution < 1.29 is 4.79 Å². The minimum absolute atomic E-state index is 0.200. The topological polar surface area (TPSA) is 62.0 Å². The van der Waals surface area contributed by atoms with Gasteiger partial charge in [0.05, 0.1) is 0 Å². The van der Waals surface area contributed by atoms with Gasteiger partial charge in [0.25, 0.3) is 5.91 Å². The van der Waals surface area contributed by atoms with Crippen LogP contribution in [-0.4, -0.2) is 28.4 Å². The number of thioether (sulfide) groups is 1. The van der Waals surface area contributed by atoms with E-state index in [0.29, 0.717) is 17.5 Å². The van der Waals surface area contributed by atoms with Crippen LogP contribution in [0.1, 0.15) is 29.8 Å². The van der Waals surface area contributed by atoms with Crippen LogP contribution in [0.5, 0.6) is 0 Å². The minimum atomic E-state index is -0.246. The molecule has 0 aromatic carbocycles. The molecule has 5 heteroatoms. The Labute approximate surface area is 104 Å². The van der Waals surface area contributed by atoms with E-state index in [4.69, 9.17) is 0 Å². The van der Waals surface area contributed by atoms with Crippen molar-refractivity contribution in [3.63, 3.8) is 0 Å². The van der Waals surface area contributed by atoms with Crippen molar-refractivity contribution in [1.29, 1.82) is 0 Å². The Balaban J connectivity index is 1.86. The number of H-pyrrole nitrogens is 1. The largest absolute Gasteiger partial charge is 0.350 e. The quantitative estimate of drug-likeness (QED) is 0.854. The van der Waals surface area contributed by atoms with Crippen LogP contribution in [0.25, 0.3) is 0 Å². The molecule has 0 saturated carbocycles. The number of carbonyl (C=O) groups is 1. The SMILES string of the molecule is O=C(NCC1CCCCS1)c1cccc(=O)[nH]1. The fourth-order valence-electron chi connectivity index (χ4n) is 1.85. The lowest BCUT2D eigenvalue weighted by molar-refractivity contribution is 0.0948. The third kappa shape index (κ3) is 3.63. The summed E-state index contributed by atoms with van der Waals surface area (Å²) in [6.45, 7) is 0.681. The summed E-state index contributed by atoms with van der Waals surface area (Å²) >= 11 is 1.92. The zero-order valence-electron chi connectivity index (χ0n) is 9.57. The maximum absolute atomic E-state index is 11.7. The van der Waals surface area contributed by atoms with Crippen molar-refractivity contribution in [3.8, 4) is 0 Å². The molecule has 1 amide bonds. The predicted molar refractivity (Wildman–Crippen MR) is 69.5 cm³/mol. The van der Waals surface area contributed by atoms with Crippen molar-refractivity contribution in [2.45, 2.75) is 24.5 Å². The number of rotatable bonds is 3. The lowest BCUT2D eigenvalue weighted by atomic mass is 10.2.